The number of hydrogen-bond donors (Lipinski definition) is 1. The van der Waals surface area contributed by atoms with E-state index in [2.05, 4.69) is 10.2 Å². The average Bonchev–Trinajstić information content (AvgIpc) is 3.42. The summed E-state index contributed by atoms with van der Waals surface area (Å²) in [4.78, 5) is 29.2. The summed E-state index contributed by atoms with van der Waals surface area (Å²) in [6, 6.07) is 17.8. The second kappa shape index (κ2) is 10.1. The van der Waals surface area contributed by atoms with E-state index in [0.29, 0.717) is 24.4 Å². The lowest BCUT2D eigenvalue weighted by Gasteiger charge is -2.24. The number of thioether (sulfide) groups is 1. The van der Waals surface area contributed by atoms with Crippen molar-refractivity contribution in [3.8, 4) is 0 Å². The van der Waals surface area contributed by atoms with E-state index < -0.39 is 0 Å². The van der Waals surface area contributed by atoms with Gasteiger partial charge in [-0.15, -0.1) is 11.8 Å². The van der Waals surface area contributed by atoms with Gasteiger partial charge in [-0.3, -0.25) is 9.59 Å². The number of carbonyl (C=O) groups is 2. The second-order valence-corrected chi connectivity index (χ2v) is 9.02. The van der Waals surface area contributed by atoms with Crippen LogP contribution in [0.15, 0.2) is 54.6 Å². The van der Waals surface area contributed by atoms with Gasteiger partial charge < -0.3 is 15.1 Å². The van der Waals surface area contributed by atoms with Crippen molar-refractivity contribution in [2.75, 3.05) is 31.9 Å². The zero-order chi connectivity index (χ0) is 20.8. The summed E-state index contributed by atoms with van der Waals surface area (Å²) in [5.74, 6) is 0.629. The number of carbonyl (C=O) groups excluding carboxylic acids is 2. The van der Waals surface area contributed by atoms with E-state index in [1.165, 1.54) is 25.9 Å². The third-order valence-corrected chi connectivity index (χ3v) is 7.01. The van der Waals surface area contributed by atoms with Gasteiger partial charge in [-0.2, -0.15) is 0 Å². The number of likely N-dealkylation sites (tertiary alicyclic amines) is 1. The normalized spacial score (nSPS) is 19.4. The molecule has 0 bridgehead atoms. The molecule has 2 aromatic carbocycles. The predicted octanol–water partition coefficient (Wildman–Crippen LogP) is 3.68. The van der Waals surface area contributed by atoms with Gasteiger partial charge in [0.25, 0.3) is 5.91 Å². The zero-order valence-corrected chi connectivity index (χ0v) is 18.1. The molecule has 0 spiro atoms. The Labute approximate surface area is 182 Å². The lowest BCUT2D eigenvalue weighted by molar-refractivity contribution is -0.128. The van der Waals surface area contributed by atoms with Crippen LogP contribution in [0, 0.1) is 0 Å². The zero-order valence-electron chi connectivity index (χ0n) is 17.3. The molecule has 2 heterocycles. The van der Waals surface area contributed by atoms with Gasteiger partial charge in [-0.25, -0.2) is 0 Å². The molecular weight excluding hydrogens is 394 g/mol. The van der Waals surface area contributed by atoms with E-state index in [0.717, 1.165) is 24.1 Å². The highest BCUT2D eigenvalue weighted by Crippen LogP contribution is 2.39. The average molecular weight is 424 g/mol. The van der Waals surface area contributed by atoms with E-state index >= 15 is 0 Å². The van der Waals surface area contributed by atoms with Crippen LogP contribution in [-0.2, 0) is 11.3 Å². The van der Waals surface area contributed by atoms with Gasteiger partial charge in [-0.05, 0) is 62.2 Å². The number of benzene rings is 2. The van der Waals surface area contributed by atoms with Gasteiger partial charge in [0.2, 0.25) is 5.91 Å². The predicted molar refractivity (Wildman–Crippen MR) is 121 cm³/mol. The summed E-state index contributed by atoms with van der Waals surface area (Å²) in [5, 5.41) is 3.02. The molecule has 2 aliphatic heterocycles. The molecule has 2 aliphatic rings. The van der Waals surface area contributed by atoms with Gasteiger partial charge in [0.1, 0.15) is 5.37 Å². The fraction of sp³-hybridized carbons (Fsp3) is 0.417. The maximum atomic E-state index is 12.4. The third-order valence-electron chi connectivity index (χ3n) is 5.76. The van der Waals surface area contributed by atoms with Crippen molar-refractivity contribution in [3.63, 3.8) is 0 Å². The SMILES string of the molecule is O=C(NCCCN1CCCC1)c1ccc([C@H]2SCC(=O)N2Cc2ccccc2)cc1. The van der Waals surface area contributed by atoms with Crippen molar-refractivity contribution in [3.05, 3.63) is 71.3 Å². The maximum absolute atomic E-state index is 12.4. The van der Waals surface area contributed by atoms with Crippen LogP contribution >= 0.6 is 11.8 Å². The van der Waals surface area contributed by atoms with Crippen LogP contribution in [0.4, 0.5) is 0 Å². The largest absolute Gasteiger partial charge is 0.352 e. The summed E-state index contributed by atoms with van der Waals surface area (Å²) < 4.78 is 0. The third kappa shape index (κ3) is 5.24. The highest BCUT2D eigenvalue weighted by molar-refractivity contribution is 8.00. The first kappa shape index (κ1) is 20.9. The summed E-state index contributed by atoms with van der Waals surface area (Å²) in [5.41, 5.74) is 2.86. The van der Waals surface area contributed by atoms with Crippen molar-refractivity contribution in [2.45, 2.75) is 31.2 Å². The molecule has 1 atom stereocenters. The Kier molecular flexibility index (Phi) is 7.07. The fourth-order valence-electron chi connectivity index (χ4n) is 4.09. The molecule has 0 saturated carbocycles. The van der Waals surface area contributed by atoms with E-state index in [1.54, 1.807) is 11.8 Å². The first-order valence-electron chi connectivity index (χ1n) is 10.8. The minimum Gasteiger partial charge on any atom is -0.352 e. The standard InChI is InChI=1S/C24H29N3O2S/c28-22-18-30-24(27(22)17-19-7-2-1-3-8-19)21-11-9-20(10-12-21)23(29)25-13-6-16-26-14-4-5-15-26/h1-3,7-12,24H,4-6,13-18H2,(H,25,29)/t24-/m1/s1. The highest BCUT2D eigenvalue weighted by atomic mass is 32.2. The lowest BCUT2D eigenvalue weighted by Crippen LogP contribution is -2.29. The van der Waals surface area contributed by atoms with Crippen molar-refractivity contribution < 1.29 is 9.59 Å². The minimum atomic E-state index is -0.0285. The number of amides is 2. The van der Waals surface area contributed by atoms with Gasteiger partial charge in [0.15, 0.2) is 0 Å². The summed E-state index contributed by atoms with van der Waals surface area (Å²) in [7, 11) is 0. The second-order valence-electron chi connectivity index (χ2n) is 7.95. The Bertz CT molecular complexity index is 851. The van der Waals surface area contributed by atoms with Gasteiger partial charge >= 0.3 is 0 Å². The van der Waals surface area contributed by atoms with Crippen molar-refractivity contribution >= 4 is 23.6 Å². The monoisotopic (exact) mass is 423 g/mol. The summed E-state index contributed by atoms with van der Waals surface area (Å²) >= 11 is 1.65. The van der Waals surface area contributed by atoms with Gasteiger partial charge in [0, 0.05) is 18.7 Å². The van der Waals surface area contributed by atoms with Crippen LogP contribution in [-0.4, -0.2) is 53.5 Å². The highest BCUT2D eigenvalue weighted by Gasteiger charge is 2.32. The molecule has 2 saturated heterocycles. The Hall–Kier alpha value is -2.31. The molecule has 0 aromatic heterocycles. The molecule has 0 radical (unpaired) electrons. The van der Waals surface area contributed by atoms with Crippen molar-refractivity contribution in [2.24, 2.45) is 0 Å². The number of nitrogens with one attached hydrogen (secondary N) is 1. The van der Waals surface area contributed by atoms with E-state index in [-0.39, 0.29) is 17.2 Å². The molecule has 158 valence electrons. The molecule has 0 unspecified atom stereocenters. The summed E-state index contributed by atoms with van der Waals surface area (Å²) in [6.45, 7) is 4.76. The molecule has 30 heavy (non-hydrogen) atoms. The number of hydrogen-bond acceptors (Lipinski definition) is 4. The van der Waals surface area contributed by atoms with Crippen LogP contribution in [0.1, 0.15) is 46.1 Å². The molecule has 4 rings (SSSR count). The number of nitrogens with zero attached hydrogens (tertiary/aromatic N) is 2. The maximum Gasteiger partial charge on any atom is 0.251 e. The van der Waals surface area contributed by atoms with Crippen molar-refractivity contribution in [1.82, 2.24) is 15.1 Å². The molecule has 5 nitrogen and oxygen atoms in total. The van der Waals surface area contributed by atoms with Crippen LogP contribution < -0.4 is 5.32 Å². The fourth-order valence-corrected chi connectivity index (χ4v) is 5.28. The molecule has 0 aliphatic carbocycles. The molecule has 6 heteroatoms. The minimum absolute atomic E-state index is 0.00437. The van der Waals surface area contributed by atoms with E-state index in [4.69, 9.17) is 0 Å². The number of rotatable bonds is 8. The quantitative estimate of drug-likeness (QED) is 0.658. The smallest absolute Gasteiger partial charge is 0.251 e. The van der Waals surface area contributed by atoms with E-state index in [1.807, 2.05) is 59.5 Å². The van der Waals surface area contributed by atoms with Crippen molar-refractivity contribution in [1.29, 1.82) is 0 Å². The Morgan fingerprint density at radius 3 is 2.50 bits per heavy atom. The Balaban J connectivity index is 1.31. The van der Waals surface area contributed by atoms with Crippen LogP contribution in [0.2, 0.25) is 0 Å². The first-order chi connectivity index (χ1) is 14.7. The Morgan fingerprint density at radius 1 is 1.03 bits per heavy atom. The first-order valence-corrected chi connectivity index (χ1v) is 11.8. The molecule has 1 N–H and O–H groups in total. The molecule has 2 fully saturated rings. The van der Waals surface area contributed by atoms with Crippen LogP contribution in [0.3, 0.4) is 0 Å². The Morgan fingerprint density at radius 2 is 1.77 bits per heavy atom. The van der Waals surface area contributed by atoms with Gasteiger partial charge in [0.05, 0.1) is 5.75 Å². The summed E-state index contributed by atoms with van der Waals surface area (Å²) in [6.07, 6.45) is 3.58. The molecule has 2 aromatic rings. The molecular formula is C24H29N3O2S. The van der Waals surface area contributed by atoms with Crippen LogP contribution in [0.5, 0.6) is 0 Å². The topological polar surface area (TPSA) is 52.7 Å². The van der Waals surface area contributed by atoms with Crippen LogP contribution in [0.25, 0.3) is 0 Å². The lowest BCUT2D eigenvalue weighted by atomic mass is 10.1. The van der Waals surface area contributed by atoms with E-state index in [9.17, 15) is 9.59 Å². The van der Waals surface area contributed by atoms with Gasteiger partial charge in [-0.1, -0.05) is 42.5 Å². The molecule has 2 amide bonds.